The third-order valence-corrected chi connectivity index (χ3v) is 7.91. The van der Waals surface area contributed by atoms with Crippen molar-refractivity contribution in [3.63, 3.8) is 0 Å². The number of rotatable bonds is 3. The molecule has 2 heterocycles. The molecule has 2 aliphatic carbocycles. The van der Waals surface area contributed by atoms with Gasteiger partial charge < -0.3 is 10.1 Å². The van der Waals surface area contributed by atoms with E-state index in [1.165, 1.54) is 11.3 Å². The Labute approximate surface area is 167 Å². The van der Waals surface area contributed by atoms with Gasteiger partial charge in [0, 0.05) is 21.9 Å². The molecule has 1 N–H and O–H groups in total. The SMILES string of the molecule is O=C(Nc1nc(-c2ccc(Cl)cc2)cs1)[C@@H]1[C@H]2C[C@H]3[C@H](OC(=O)[C@@H]31)[C@H]2Br. The summed E-state index contributed by atoms with van der Waals surface area (Å²) in [6.45, 7) is 0. The number of amides is 1. The van der Waals surface area contributed by atoms with E-state index in [1.807, 2.05) is 29.6 Å². The number of hydrogen-bond acceptors (Lipinski definition) is 5. The molecule has 134 valence electrons. The van der Waals surface area contributed by atoms with E-state index < -0.39 is 0 Å². The molecule has 1 saturated heterocycles. The first-order valence-corrected chi connectivity index (χ1v) is 10.6. The van der Waals surface area contributed by atoms with Crippen molar-refractivity contribution in [2.24, 2.45) is 23.7 Å². The van der Waals surface area contributed by atoms with Gasteiger partial charge in [-0.1, -0.05) is 39.7 Å². The van der Waals surface area contributed by atoms with Crippen LogP contribution in [0.4, 0.5) is 5.13 Å². The Kier molecular flexibility index (Phi) is 3.88. The Morgan fingerprint density at radius 1 is 1.31 bits per heavy atom. The largest absolute Gasteiger partial charge is 0.461 e. The lowest BCUT2D eigenvalue weighted by atomic mass is 9.79. The van der Waals surface area contributed by atoms with E-state index in [-0.39, 0.29) is 46.5 Å². The summed E-state index contributed by atoms with van der Waals surface area (Å²) >= 11 is 10.9. The summed E-state index contributed by atoms with van der Waals surface area (Å²) in [5.74, 6) is -0.731. The standard InChI is InChI=1S/C18H14BrClN2O3S/c19-14-9-5-10-13(17(24)25-15(10)14)12(9)16(23)22-18-21-11(6-26-18)7-1-3-8(20)4-2-7/h1-4,6,9-10,12-15H,5H2,(H,21,22,23)/t9-,10-,12-,13+,14+,15+/m1/s1. The number of thiazole rings is 1. The van der Waals surface area contributed by atoms with Crippen LogP contribution in [0.5, 0.6) is 0 Å². The van der Waals surface area contributed by atoms with Gasteiger partial charge in [0.2, 0.25) is 5.91 Å². The van der Waals surface area contributed by atoms with Gasteiger partial charge in [0.15, 0.2) is 5.13 Å². The zero-order chi connectivity index (χ0) is 18.0. The van der Waals surface area contributed by atoms with Crippen LogP contribution in [-0.2, 0) is 14.3 Å². The molecule has 2 aromatic rings. The Hall–Kier alpha value is -1.44. The molecule has 3 fully saturated rings. The highest BCUT2D eigenvalue weighted by atomic mass is 79.9. The average molecular weight is 454 g/mol. The first-order valence-electron chi connectivity index (χ1n) is 8.40. The summed E-state index contributed by atoms with van der Waals surface area (Å²) < 4.78 is 5.46. The molecular formula is C18H14BrClN2O3S. The number of benzene rings is 1. The van der Waals surface area contributed by atoms with Crippen LogP contribution in [0, 0.1) is 23.7 Å². The maximum absolute atomic E-state index is 12.9. The number of aromatic nitrogens is 1. The number of nitrogens with zero attached hydrogens (tertiary/aromatic N) is 1. The maximum atomic E-state index is 12.9. The molecule has 0 spiro atoms. The van der Waals surface area contributed by atoms with Crippen molar-refractivity contribution in [2.45, 2.75) is 17.4 Å². The Morgan fingerprint density at radius 2 is 2.08 bits per heavy atom. The van der Waals surface area contributed by atoms with Crippen LogP contribution in [-0.4, -0.2) is 27.8 Å². The van der Waals surface area contributed by atoms with Gasteiger partial charge in [0.05, 0.1) is 22.4 Å². The van der Waals surface area contributed by atoms with Gasteiger partial charge in [0.25, 0.3) is 0 Å². The molecule has 2 saturated carbocycles. The molecule has 0 radical (unpaired) electrons. The Bertz CT molecular complexity index is 902. The van der Waals surface area contributed by atoms with Crippen LogP contribution in [0.2, 0.25) is 5.02 Å². The summed E-state index contributed by atoms with van der Waals surface area (Å²) in [7, 11) is 0. The van der Waals surface area contributed by atoms with Gasteiger partial charge in [-0.15, -0.1) is 11.3 Å². The van der Waals surface area contributed by atoms with Gasteiger partial charge in [-0.05, 0) is 24.5 Å². The van der Waals surface area contributed by atoms with Crippen molar-refractivity contribution >= 4 is 55.9 Å². The van der Waals surface area contributed by atoms with Crippen molar-refractivity contribution in [1.82, 2.24) is 4.98 Å². The van der Waals surface area contributed by atoms with E-state index >= 15 is 0 Å². The number of carbonyl (C=O) groups excluding carboxylic acids is 2. The number of fused-ring (bicyclic) bond motifs is 1. The summed E-state index contributed by atoms with van der Waals surface area (Å²) in [4.78, 5) is 29.6. The van der Waals surface area contributed by atoms with E-state index in [1.54, 1.807) is 0 Å². The lowest BCUT2D eigenvalue weighted by Gasteiger charge is -2.27. The zero-order valence-corrected chi connectivity index (χ0v) is 16.6. The molecule has 8 heteroatoms. The maximum Gasteiger partial charge on any atom is 0.310 e. The smallest absolute Gasteiger partial charge is 0.310 e. The molecule has 3 aliphatic rings. The van der Waals surface area contributed by atoms with Crippen LogP contribution < -0.4 is 5.32 Å². The fourth-order valence-corrected chi connectivity index (χ4v) is 6.50. The second-order valence-electron chi connectivity index (χ2n) is 6.99. The van der Waals surface area contributed by atoms with E-state index in [0.29, 0.717) is 10.2 Å². The Morgan fingerprint density at radius 3 is 2.85 bits per heavy atom. The van der Waals surface area contributed by atoms with Gasteiger partial charge in [0.1, 0.15) is 6.10 Å². The van der Waals surface area contributed by atoms with Gasteiger partial charge in [-0.3, -0.25) is 9.59 Å². The van der Waals surface area contributed by atoms with Crippen molar-refractivity contribution in [1.29, 1.82) is 0 Å². The summed E-state index contributed by atoms with van der Waals surface area (Å²) in [6.07, 6.45) is 0.793. The number of esters is 1. The van der Waals surface area contributed by atoms with E-state index in [4.69, 9.17) is 16.3 Å². The summed E-state index contributed by atoms with van der Waals surface area (Å²) in [6, 6.07) is 7.40. The molecular weight excluding hydrogens is 440 g/mol. The Balaban J connectivity index is 1.35. The van der Waals surface area contributed by atoms with Crippen LogP contribution >= 0.6 is 38.9 Å². The monoisotopic (exact) mass is 452 g/mol. The van der Waals surface area contributed by atoms with Crippen LogP contribution in [0.15, 0.2) is 29.6 Å². The summed E-state index contributed by atoms with van der Waals surface area (Å²) in [5.41, 5.74) is 1.72. The van der Waals surface area contributed by atoms with Crippen LogP contribution in [0.3, 0.4) is 0 Å². The molecule has 1 amide bonds. The quantitative estimate of drug-likeness (QED) is 0.564. The highest BCUT2D eigenvalue weighted by molar-refractivity contribution is 9.09. The number of ether oxygens (including phenoxy) is 1. The minimum Gasteiger partial charge on any atom is -0.461 e. The average Bonchev–Trinajstić information content (AvgIpc) is 3.34. The lowest BCUT2D eigenvalue weighted by molar-refractivity contribution is -0.145. The van der Waals surface area contributed by atoms with E-state index in [2.05, 4.69) is 26.2 Å². The first kappa shape index (κ1) is 16.7. The highest BCUT2D eigenvalue weighted by Crippen LogP contribution is 2.60. The lowest BCUT2D eigenvalue weighted by Crippen LogP contribution is -2.40. The van der Waals surface area contributed by atoms with Gasteiger partial charge in [-0.25, -0.2) is 4.98 Å². The van der Waals surface area contributed by atoms with Crippen molar-refractivity contribution in [2.75, 3.05) is 5.32 Å². The predicted molar refractivity (Wildman–Crippen MR) is 102 cm³/mol. The zero-order valence-electron chi connectivity index (χ0n) is 13.4. The molecule has 5 nitrogen and oxygen atoms in total. The minimum atomic E-state index is -0.349. The van der Waals surface area contributed by atoms with Gasteiger partial charge >= 0.3 is 5.97 Å². The number of alkyl halides is 1. The van der Waals surface area contributed by atoms with Crippen LogP contribution in [0.1, 0.15) is 6.42 Å². The third kappa shape index (κ3) is 2.44. The van der Waals surface area contributed by atoms with Crippen LogP contribution in [0.25, 0.3) is 11.3 Å². The van der Waals surface area contributed by atoms with Crippen molar-refractivity contribution < 1.29 is 14.3 Å². The molecule has 6 atom stereocenters. The number of halogens is 2. The van der Waals surface area contributed by atoms with Crippen molar-refractivity contribution in [3.8, 4) is 11.3 Å². The van der Waals surface area contributed by atoms with E-state index in [9.17, 15) is 9.59 Å². The normalized spacial score (nSPS) is 34.2. The molecule has 0 unspecified atom stereocenters. The molecule has 2 bridgehead atoms. The first-order chi connectivity index (χ1) is 12.5. The summed E-state index contributed by atoms with van der Waals surface area (Å²) in [5, 5.41) is 6.01. The molecule has 1 aromatic heterocycles. The third-order valence-electron chi connectivity index (χ3n) is 5.70. The fourth-order valence-electron chi connectivity index (χ4n) is 4.60. The molecule has 1 aliphatic heterocycles. The second-order valence-corrected chi connectivity index (χ2v) is 9.35. The van der Waals surface area contributed by atoms with Crippen molar-refractivity contribution in [3.05, 3.63) is 34.7 Å². The molecule has 5 rings (SSSR count). The minimum absolute atomic E-state index is 0.0619. The number of hydrogen-bond donors (Lipinski definition) is 1. The van der Waals surface area contributed by atoms with E-state index in [0.717, 1.165) is 17.7 Å². The number of anilines is 1. The number of nitrogens with one attached hydrogen (secondary N) is 1. The second kappa shape index (κ2) is 6.04. The molecule has 26 heavy (non-hydrogen) atoms. The highest BCUT2D eigenvalue weighted by Gasteiger charge is 2.67. The predicted octanol–water partition coefficient (Wildman–Crippen LogP) is 3.97. The fraction of sp³-hybridized carbons (Fsp3) is 0.389. The van der Waals surface area contributed by atoms with Gasteiger partial charge in [-0.2, -0.15) is 0 Å². The topological polar surface area (TPSA) is 68.3 Å². The molecule has 1 aromatic carbocycles. The number of carbonyl (C=O) groups is 2.